The molecule has 0 aliphatic carbocycles. The van der Waals surface area contributed by atoms with Crippen LogP contribution in [0.1, 0.15) is 34.8 Å². The fraction of sp³-hybridized carbons (Fsp3) is 0.176. The van der Waals surface area contributed by atoms with Gasteiger partial charge in [-0.1, -0.05) is 28.4 Å². The largest absolute Gasteiger partial charge is 0.484 e. The Kier molecular flexibility index (Phi) is 5.57. The van der Waals surface area contributed by atoms with Gasteiger partial charge in [0, 0.05) is 16.7 Å². The number of hydrogen-bond acceptors (Lipinski definition) is 6. The van der Waals surface area contributed by atoms with Crippen molar-refractivity contribution in [2.45, 2.75) is 20.0 Å². The van der Waals surface area contributed by atoms with Crippen molar-refractivity contribution in [2.75, 3.05) is 5.32 Å². The molecule has 10 heteroatoms. The molecule has 3 rings (SSSR count). The average Bonchev–Trinajstić information content (AvgIpc) is 3.13. The molecule has 1 unspecified atom stereocenters. The van der Waals surface area contributed by atoms with Crippen molar-refractivity contribution in [3.63, 3.8) is 0 Å². The van der Waals surface area contributed by atoms with Crippen molar-refractivity contribution in [2.24, 2.45) is 0 Å². The lowest BCUT2D eigenvalue weighted by molar-refractivity contribution is 0.102. The zero-order valence-corrected chi connectivity index (χ0v) is 15.7. The molecule has 0 fully saturated rings. The summed E-state index contributed by atoms with van der Waals surface area (Å²) in [5.74, 6) is -0.848. The van der Waals surface area contributed by atoms with E-state index in [4.69, 9.17) is 27.9 Å². The molecule has 0 aliphatic rings. The first-order valence-corrected chi connectivity index (χ1v) is 8.47. The SMILES string of the molecule is Cc1nnc(C(=O)Nc2cnoc2)cc1OC(C)c1c(Cl)ccc(F)c1Cl. The number of nitrogens with one attached hydrogen (secondary N) is 1. The molecular formula is C17H13Cl2FN4O3. The fourth-order valence-electron chi connectivity index (χ4n) is 2.29. The van der Waals surface area contributed by atoms with Crippen LogP contribution in [0.25, 0.3) is 0 Å². The van der Waals surface area contributed by atoms with Gasteiger partial charge in [0.05, 0.1) is 11.2 Å². The molecule has 1 aromatic carbocycles. The van der Waals surface area contributed by atoms with Crippen LogP contribution in [0.4, 0.5) is 10.1 Å². The van der Waals surface area contributed by atoms with Crippen molar-refractivity contribution < 1.29 is 18.4 Å². The molecule has 0 bridgehead atoms. The maximum atomic E-state index is 13.8. The van der Waals surface area contributed by atoms with Gasteiger partial charge in [-0.25, -0.2) is 4.39 Å². The number of aromatic nitrogens is 3. The molecule has 2 heterocycles. The minimum absolute atomic E-state index is 0.0143. The Morgan fingerprint density at radius 1 is 1.33 bits per heavy atom. The standard InChI is InChI=1S/C17H13Cl2FN4O3/c1-8-14(27-9(2)15-11(18)3-4-12(20)16(15)19)5-13(24-23-8)17(25)22-10-6-21-26-7-10/h3-7,9H,1-2H3,(H,22,25). The van der Waals surface area contributed by atoms with Crippen LogP contribution < -0.4 is 10.1 Å². The highest BCUT2D eigenvalue weighted by Gasteiger charge is 2.21. The number of benzene rings is 1. The van der Waals surface area contributed by atoms with Crippen LogP contribution >= 0.6 is 23.2 Å². The number of aryl methyl sites for hydroxylation is 1. The third kappa shape index (κ3) is 4.17. The maximum Gasteiger partial charge on any atom is 0.276 e. The Morgan fingerprint density at radius 2 is 2.11 bits per heavy atom. The molecule has 0 radical (unpaired) electrons. The minimum atomic E-state index is -0.697. The highest BCUT2D eigenvalue weighted by atomic mass is 35.5. The Morgan fingerprint density at radius 3 is 2.81 bits per heavy atom. The molecule has 1 N–H and O–H groups in total. The summed E-state index contributed by atoms with van der Waals surface area (Å²) in [5.41, 5.74) is 1.12. The van der Waals surface area contributed by atoms with Crippen LogP contribution in [0.5, 0.6) is 5.75 Å². The van der Waals surface area contributed by atoms with Gasteiger partial charge in [-0.3, -0.25) is 4.79 Å². The minimum Gasteiger partial charge on any atom is -0.484 e. The van der Waals surface area contributed by atoms with Crippen molar-refractivity contribution in [3.05, 3.63) is 63.5 Å². The lowest BCUT2D eigenvalue weighted by Crippen LogP contribution is -2.15. The first-order valence-electron chi connectivity index (χ1n) is 7.72. The topological polar surface area (TPSA) is 90.1 Å². The molecule has 7 nitrogen and oxygen atoms in total. The Balaban J connectivity index is 1.85. The number of carbonyl (C=O) groups is 1. The zero-order valence-electron chi connectivity index (χ0n) is 14.2. The predicted octanol–water partition coefficient (Wildman–Crippen LogP) is 4.61. The van der Waals surface area contributed by atoms with E-state index in [0.29, 0.717) is 16.9 Å². The van der Waals surface area contributed by atoms with Crippen LogP contribution in [-0.2, 0) is 0 Å². The van der Waals surface area contributed by atoms with Crippen molar-refractivity contribution in [1.82, 2.24) is 15.4 Å². The third-order valence-corrected chi connectivity index (χ3v) is 4.36. The second-order valence-corrected chi connectivity index (χ2v) is 6.35. The number of ether oxygens (including phenoxy) is 1. The van der Waals surface area contributed by atoms with E-state index in [2.05, 4.69) is 25.2 Å². The Hall–Kier alpha value is -2.71. The second kappa shape index (κ2) is 7.89. The Bertz CT molecular complexity index is 983. The summed E-state index contributed by atoms with van der Waals surface area (Å²) < 4.78 is 24.2. The van der Waals surface area contributed by atoms with Gasteiger partial charge >= 0.3 is 0 Å². The van der Waals surface area contributed by atoms with Gasteiger partial charge in [0.25, 0.3) is 5.91 Å². The van der Waals surface area contributed by atoms with Gasteiger partial charge in [0.2, 0.25) is 0 Å². The van der Waals surface area contributed by atoms with E-state index in [0.717, 1.165) is 0 Å². The second-order valence-electron chi connectivity index (χ2n) is 5.56. The maximum absolute atomic E-state index is 13.8. The third-order valence-electron chi connectivity index (χ3n) is 3.64. The lowest BCUT2D eigenvalue weighted by atomic mass is 10.1. The van der Waals surface area contributed by atoms with Gasteiger partial charge in [-0.2, -0.15) is 5.10 Å². The van der Waals surface area contributed by atoms with Crippen LogP contribution in [0.3, 0.4) is 0 Å². The fourth-order valence-corrected chi connectivity index (χ4v) is 2.97. The first-order chi connectivity index (χ1) is 12.9. The van der Waals surface area contributed by atoms with Crippen LogP contribution in [-0.4, -0.2) is 21.3 Å². The van der Waals surface area contributed by atoms with Gasteiger partial charge in [-0.05, 0) is 26.0 Å². The van der Waals surface area contributed by atoms with Crippen LogP contribution in [0, 0.1) is 12.7 Å². The van der Waals surface area contributed by atoms with Gasteiger partial charge < -0.3 is 14.6 Å². The molecule has 0 spiro atoms. The highest BCUT2D eigenvalue weighted by Crippen LogP contribution is 2.35. The van der Waals surface area contributed by atoms with E-state index in [9.17, 15) is 9.18 Å². The van der Waals surface area contributed by atoms with Gasteiger partial charge in [0.1, 0.15) is 35.3 Å². The van der Waals surface area contributed by atoms with E-state index < -0.39 is 17.8 Å². The molecule has 3 aromatic rings. The van der Waals surface area contributed by atoms with Gasteiger partial charge in [0.15, 0.2) is 5.69 Å². The summed E-state index contributed by atoms with van der Waals surface area (Å²) in [6.07, 6.45) is 1.91. The summed E-state index contributed by atoms with van der Waals surface area (Å²) in [6.45, 7) is 3.31. The molecule has 0 aliphatic heterocycles. The number of hydrogen-bond donors (Lipinski definition) is 1. The predicted molar refractivity (Wildman–Crippen MR) is 96.7 cm³/mol. The van der Waals surface area contributed by atoms with E-state index in [-0.39, 0.29) is 21.5 Å². The number of rotatable bonds is 5. The molecule has 2 aromatic heterocycles. The van der Waals surface area contributed by atoms with Crippen molar-refractivity contribution in [1.29, 1.82) is 0 Å². The molecule has 0 saturated carbocycles. The summed E-state index contributed by atoms with van der Waals surface area (Å²) in [4.78, 5) is 12.3. The van der Waals surface area contributed by atoms with E-state index in [1.54, 1.807) is 13.8 Å². The average molecular weight is 411 g/mol. The van der Waals surface area contributed by atoms with E-state index in [1.807, 2.05) is 0 Å². The monoisotopic (exact) mass is 410 g/mol. The van der Waals surface area contributed by atoms with Crippen molar-refractivity contribution in [3.8, 4) is 5.75 Å². The van der Waals surface area contributed by atoms with Crippen LogP contribution in [0.15, 0.2) is 35.2 Å². The molecule has 1 amide bonds. The van der Waals surface area contributed by atoms with E-state index >= 15 is 0 Å². The smallest absolute Gasteiger partial charge is 0.276 e. The van der Waals surface area contributed by atoms with E-state index in [1.165, 1.54) is 30.7 Å². The molecule has 27 heavy (non-hydrogen) atoms. The van der Waals surface area contributed by atoms with Crippen LogP contribution in [0.2, 0.25) is 10.0 Å². The normalized spacial score (nSPS) is 11.9. The summed E-state index contributed by atoms with van der Waals surface area (Å²) >= 11 is 12.1. The first kappa shape index (κ1) is 19.1. The molecule has 1 atom stereocenters. The van der Waals surface area contributed by atoms with Gasteiger partial charge in [-0.15, -0.1) is 5.10 Å². The highest BCUT2D eigenvalue weighted by molar-refractivity contribution is 6.36. The number of halogens is 3. The quantitative estimate of drug-likeness (QED) is 0.617. The molecule has 140 valence electrons. The summed E-state index contributed by atoms with van der Waals surface area (Å²) in [6, 6.07) is 3.99. The summed E-state index contributed by atoms with van der Waals surface area (Å²) in [7, 11) is 0. The lowest BCUT2D eigenvalue weighted by Gasteiger charge is -2.19. The Labute approximate surface area is 163 Å². The molecule has 0 saturated heterocycles. The number of anilines is 1. The number of nitrogens with zero attached hydrogens (tertiary/aromatic N) is 3. The number of amides is 1. The molecular weight excluding hydrogens is 398 g/mol. The summed E-state index contributed by atoms with van der Waals surface area (Å²) in [5, 5.41) is 13.9. The number of carbonyl (C=O) groups excluding carboxylic acids is 1. The van der Waals surface area contributed by atoms with Crippen molar-refractivity contribution >= 4 is 34.8 Å². The zero-order chi connectivity index (χ0) is 19.6.